The average Bonchev–Trinajstić information content (AvgIpc) is 2.09. The quantitative estimate of drug-likeness (QED) is 0.133. The molecule has 5 saturated heterocycles. The van der Waals surface area contributed by atoms with E-state index in [2.05, 4.69) is 20.2 Å². The standard InChI is InChI=1S/C61H66F3N13O8/c1-3-40-44(63)10-9-36-27-39(78)29-42(51(36)40)53-52(64)54-43(31-65-53)56(68-59(67-54)85-34-61-17-5-19-75(61)32-37(62)30-61)74-18-6-20-76-38(33-74)28-45(69-76)58(83)73-25-23-72(24-26-73)50(81)14-13-49(80)71-21-15-35(16-22-71)41-7-4-8-46-55(41)70(2)60(84)77(46)47-11-12-48(79)66-57(47)82/h4,7-10,27-29,31,35,37,47,78H,3,5-6,11-26,30,32-34H2,1-2H3,(H,66,79,82)/t37-,47?,61+/m1/s1. The first-order valence-electron chi connectivity index (χ1n) is 29.6. The molecule has 0 aliphatic carbocycles. The number of aromatic hydroxyl groups is 1. The maximum Gasteiger partial charge on any atom is 0.329 e. The van der Waals surface area contributed by atoms with E-state index < -0.39 is 35.3 Å². The molecule has 1 unspecified atom stereocenters. The lowest BCUT2D eigenvalue weighted by atomic mass is 9.88. The molecule has 4 aromatic heterocycles. The van der Waals surface area contributed by atoms with Crippen LogP contribution >= 0.6 is 0 Å². The lowest BCUT2D eigenvalue weighted by Gasteiger charge is -2.35. The van der Waals surface area contributed by atoms with Crippen molar-refractivity contribution in [3.05, 3.63) is 99.4 Å². The van der Waals surface area contributed by atoms with Gasteiger partial charge in [0.2, 0.25) is 23.6 Å². The Morgan fingerprint density at radius 1 is 0.871 bits per heavy atom. The average molecular weight is 1170 g/mol. The number of alkyl halides is 1. The number of fused-ring (bicyclic) bond motifs is 5. The van der Waals surface area contributed by atoms with Gasteiger partial charge in [0, 0.05) is 103 Å². The summed E-state index contributed by atoms with van der Waals surface area (Å²) in [7, 11) is 1.68. The number of nitrogens with one attached hydrogen (secondary N) is 1. The maximum absolute atomic E-state index is 17.5. The molecule has 2 N–H and O–H groups in total. The van der Waals surface area contributed by atoms with Gasteiger partial charge in [0.05, 0.1) is 34.2 Å². The van der Waals surface area contributed by atoms with Crippen LogP contribution in [-0.2, 0) is 45.7 Å². The van der Waals surface area contributed by atoms with Crippen molar-refractivity contribution in [2.24, 2.45) is 7.05 Å². The number of aryl methyl sites for hydroxylation is 3. The number of imidazole rings is 1. The number of imide groups is 1. The maximum atomic E-state index is 17.5. The van der Waals surface area contributed by atoms with Crippen molar-refractivity contribution in [3.8, 4) is 23.0 Å². The summed E-state index contributed by atoms with van der Waals surface area (Å²) in [6.07, 6.45) is 5.02. The second kappa shape index (κ2) is 22.2. The second-order valence-electron chi connectivity index (χ2n) is 23.6. The van der Waals surface area contributed by atoms with E-state index in [1.807, 2.05) is 23.1 Å². The molecule has 6 aliphatic heterocycles. The molecule has 21 nitrogen and oxygen atoms in total. The Bertz CT molecular complexity index is 3940. The first-order chi connectivity index (χ1) is 41.1. The number of nitrogens with zero attached hydrogens (tertiary/aromatic N) is 12. The zero-order valence-corrected chi connectivity index (χ0v) is 47.5. The molecule has 3 atom stereocenters. The normalized spacial score (nSPS) is 21.5. The minimum atomic E-state index is -1.00. The number of anilines is 1. The zero-order valence-electron chi connectivity index (χ0n) is 47.5. The summed E-state index contributed by atoms with van der Waals surface area (Å²) in [4.78, 5) is 103. The third-order valence-electron chi connectivity index (χ3n) is 18.6. The molecule has 0 bridgehead atoms. The number of carbonyl (C=O) groups excluding carboxylic acids is 5. The van der Waals surface area contributed by atoms with Crippen LogP contribution in [0.25, 0.3) is 44.0 Å². The number of rotatable bonds is 12. The second-order valence-corrected chi connectivity index (χ2v) is 23.6. The van der Waals surface area contributed by atoms with Gasteiger partial charge in [-0.15, -0.1) is 0 Å². The number of para-hydroxylation sites is 1. The number of phenolic OH excluding ortho intramolecular Hbond substituents is 1. The van der Waals surface area contributed by atoms with Gasteiger partial charge in [0.15, 0.2) is 11.5 Å². The number of phenols is 1. The molecule has 85 heavy (non-hydrogen) atoms. The molecule has 444 valence electrons. The number of pyridine rings is 1. The summed E-state index contributed by atoms with van der Waals surface area (Å²) < 4.78 is 58.9. The number of piperazine rings is 1. The van der Waals surface area contributed by atoms with E-state index in [0.717, 1.165) is 30.5 Å². The molecule has 7 aromatic rings. The lowest BCUT2D eigenvalue weighted by molar-refractivity contribution is -0.138. The Kier molecular flexibility index (Phi) is 14.6. The van der Waals surface area contributed by atoms with E-state index in [-0.39, 0.29) is 140 Å². The smallest absolute Gasteiger partial charge is 0.329 e. The van der Waals surface area contributed by atoms with Crippen LogP contribution in [0.15, 0.2) is 59.5 Å². The summed E-state index contributed by atoms with van der Waals surface area (Å²) in [5.74, 6) is -2.49. The molecule has 0 saturated carbocycles. The van der Waals surface area contributed by atoms with Crippen molar-refractivity contribution < 1.29 is 47.0 Å². The molecule has 13 rings (SSSR count). The Hall–Kier alpha value is -8.41. The molecule has 24 heteroatoms. The predicted molar refractivity (Wildman–Crippen MR) is 307 cm³/mol. The van der Waals surface area contributed by atoms with Crippen LogP contribution in [-0.4, -0.2) is 165 Å². The van der Waals surface area contributed by atoms with Crippen LogP contribution in [0.3, 0.4) is 0 Å². The first-order valence-corrected chi connectivity index (χ1v) is 29.6. The van der Waals surface area contributed by atoms with Crippen LogP contribution < -0.4 is 20.6 Å². The molecular weight excluding hydrogens is 1100 g/mol. The van der Waals surface area contributed by atoms with Gasteiger partial charge in [-0.25, -0.2) is 18.0 Å². The molecule has 10 heterocycles. The van der Waals surface area contributed by atoms with E-state index in [9.17, 15) is 38.3 Å². The minimum absolute atomic E-state index is 0.0279. The van der Waals surface area contributed by atoms with E-state index in [1.54, 1.807) is 44.0 Å². The summed E-state index contributed by atoms with van der Waals surface area (Å²) >= 11 is 0. The van der Waals surface area contributed by atoms with Crippen LogP contribution in [0.2, 0.25) is 0 Å². The summed E-state index contributed by atoms with van der Waals surface area (Å²) in [6.45, 7) is 6.14. The van der Waals surface area contributed by atoms with Crippen molar-refractivity contribution in [3.63, 3.8) is 0 Å². The molecule has 0 radical (unpaired) electrons. The molecule has 5 fully saturated rings. The van der Waals surface area contributed by atoms with Crippen molar-refractivity contribution in [1.29, 1.82) is 0 Å². The van der Waals surface area contributed by atoms with Gasteiger partial charge < -0.3 is 29.4 Å². The number of hydrogen-bond donors (Lipinski definition) is 2. The zero-order chi connectivity index (χ0) is 59.0. The van der Waals surface area contributed by atoms with Gasteiger partial charge in [-0.3, -0.25) is 53.0 Å². The molecular formula is C61H66F3N13O8. The Labute approximate surface area is 486 Å². The lowest BCUT2D eigenvalue weighted by Crippen LogP contribution is -2.50. The largest absolute Gasteiger partial charge is 0.508 e. The van der Waals surface area contributed by atoms with Crippen LogP contribution in [0.4, 0.5) is 19.0 Å². The first kappa shape index (κ1) is 55.8. The van der Waals surface area contributed by atoms with E-state index in [0.29, 0.717) is 98.2 Å². The Balaban J connectivity index is 0.664. The number of amides is 5. The van der Waals surface area contributed by atoms with Gasteiger partial charge >= 0.3 is 11.7 Å². The Morgan fingerprint density at radius 3 is 2.40 bits per heavy atom. The van der Waals surface area contributed by atoms with Crippen LogP contribution in [0.5, 0.6) is 11.8 Å². The summed E-state index contributed by atoms with van der Waals surface area (Å²) in [6, 6.07) is 12.2. The van der Waals surface area contributed by atoms with E-state index in [1.165, 1.54) is 35.0 Å². The highest BCUT2D eigenvalue weighted by atomic mass is 19.1. The van der Waals surface area contributed by atoms with Crippen molar-refractivity contribution >= 4 is 68.1 Å². The number of aromatic nitrogens is 7. The number of benzene rings is 3. The topological polar surface area (TPSA) is 226 Å². The van der Waals surface area contributed by atoms with Gasteiger partial charge in [-0.05, 0) is 110 Å². The van der Waals surface area contributed by atoms with Crippen LogP contribution in [0, 0.1) is 11.6 Å². The third kappa shape index (κ3) is 10.1. The molecule has 5 amide bonds. The molecule has 0 spiro atoms. The molecule has 3 aromatic carbocycles. The number of ether oxygens (including phenoxy) is 1. The number of hydrogen-bond acceptors (Lipinski definition) is 14. The van der Waals surface area contributed by atoms with Crippen LogP contribution in [0.1, 0.15) is 110 Å². The van der Waals surface area contributed by atoms with Gasteiger partial charge in [0.1, 0.15) is 47.4 Å². The predicted octanol–water partition coefficient (Wildman–Crippen LogP) is 6.06. The highest BCUT2D eigenvalue weighted by Crippen LogP contribution is 2.43. The minimum Gasteiger partial charge on any atom is -0.508 e. The monoisotopic (exact) mass is 1170 g/mol. The highest BCUT2D eigenvalue weighted by Gasteiger charge is 2.49. The fraction of sp³-hybridized carbons (Fsp3) is 0.475. The Morgan fingerprint density at radius 2 is 1.64 bits per heavy atom. The third-order valence-corrected chi connectivity index (χ3v) is 18.6. The van der Waals surface area contributed by atoms with E-state index in [4.69, 9.17) is 14.8 Å². The van der Waals surface area contributed by atoms with Gasteiger partial charge in [-0.1, -0.05) is 25.1 Å². The fourth-order valence-corrected chi connectivity index (χ4v) is 14.3. The number of carbonyl (C=O) groups is 5. The van der Waals surface area contributed by atoms with E-state index >= 15 is 8.78 Å². The van der Waals surface area contributed by atoms with Gasteiger partial charge in [-0.2, -0.15) is 15.1 Å². The van der Waals surface area contributed by atoms with Crippen molar-refractivity contribution in [2.45, 2.75) is 114 Å². The fourth-order valence-electron chi connectivity index (χ4n) is 14.3. The number of halogens is 3. The highest BCUT2D eigenvalue weighted by molar-refractivity contribution is 6.02. The summed E-state index contributed by atoms with van der Waals surface area (Å²) in [5, 5.41) is 19.2. The molecule has 6 aliphatic rings. The van der Waals surface area contributed by atoms with Crippen molar-refractivity contribution in [1.82, 2.24) is 58.8 Å². The summed E-state index contributed by atoms with van der Waals surface area (Å²) in [5.41, 5.74) is 2.66. The number of piperidine rings is 2. The number of likely N-dealkylation sites (tertiary alicyclic amines) is 1. The van der Waals surface area contributed by atoms with Crippen molar-refractivity contribution in [2.75, 3.05) is 70.4 Å². The SMILES string of the molecule is CCc1c(F)ccc2cc(O)cc(-c3ncc4c(N5CCCn6nc(C(=O)N7CCN(C(=O)CCC(=O)N8CCC(c9cccc%10c9n(C)c(=O)n%10C9CCC(=O)NC9=O)CC8)CC7)cc6C5)nc(OC[C@@]56CCCN5C[C@H](F)C6)nc4c3F)c12. The van der Waals surface area contributed by atoms with Gasteiger partial charge in [0.25, 0.3) is 5.91 Å².